The Bertz CT molecular complexity index is 376. The van der Waals surface area contributed by atoms with Crippen LogP contribution in [0.1, 0.15) is 22.3 Å². The maximum Gasteiger partial charge on any atom is 0.188 e. The molecule has 0 aliphatic heterocycles. The molecule has 0 bridgehead atoms. The minimum absolute atomic E-state index is 0.0263. The summed E-state index contributed by atoms with van der Waals surface area (Å²) in [6, 6.07) is 7.54. The van der Waals surface area contributed by atoms with Gasteiger partial charge in [0.05, 0.1) is 13.2 Å². The van der Waals surface area contributed by atoms with Gasteiger partial charge in [0.1, 0.15) is 6.61 Å². The topological polar surface area (TPSA) is 44.8 Å². The van der Waals surface area contributed by atoms with Gasteiger partial charge in [-0.15, -0.1) is 0 Å². The van der Waals surface area contributed by atoms with Crippen LogP contribution in [0, 0.1) is 6.92 Å². The Morgan fingerprint density at radius 3 is 2.53 bits per heavy atom. The van der Waals surface area contributed by atoms with E-state index in [1.165, 1.54) is 0 Å². The summed E-state index contributed by atoms with van der Waals surface area (Å²) in [4.78, 5) is 11.9. The summed E-state index contributed by atoms with van der Waals surface area (Å²) >= 11 is 0. The zero-order chi connectivity index (χ0) is 13.9. The minimum Gasteiger partial charge on any atom is -0.382 e. The SMILES string of the molecule is COCCOCCCOCC(=O)c1ccccc1C. The number of aryl methyl sites for hydroxylation is 1. The lowest BCUT2D eigenvalue weighted by molar-refractivity contribution is 0.0488. The summed E-state index contributed by atoms with van der Waals surface area (Å²) in [5.41, 5.74) is 1.72. The fourth-order valence-electron chi connectivity index (χ4n) is 1.64. The molecule has 0 aliphatic rings. The van der Waals surface area contributed by atoms with Gasteiger partial charge in [0.15, 0.2) is 5.78 Å². The summed E-state index contributed by atoms with van der Waals surface area (Å²) < 4.78 is 15.5. The van der Waals surface area contributed by atoms with Gasteiger partial charge in [-0.2, -0.15) is 0 Å². The predicted molar refractivity (Wildman–Crippen MR) is 73.6 cm³/mol. The molecule has 1 rings (SSSR count). The molecule has 0 saturated heterocycles. The molecule has 0 N–H and O–H groups in total. The molecule has 19 heavy (non-hydrogen) atoms. The third-order valence-electron chi connectivity index (χ3n) is 2.69. The molecule has 0 atom stereocenters. The zero-order valence-electron chi connectivity index (χ0n) is 11.7. The smallest absolute Gasteiger partial charge is 0.188 e. The number of ketones is 1. The standard InChI is InChI=1S/C15H22O4/c1-13-6-3-4-7-14(13)15(16)12-19-9-5-8-18-11-10-17-2/h3-4,6-7H,5,8-12H2,1-2H3. The van der Waals surface area contributed by atoms with E-state index in [4.69, 9.17) is 14.2 Å². The highest BCUT2D eigenvalue weighted by Gasteiger charge is 2.07. The summed E-state index contributed by atoms with van der Waals surface area (Å²) in [6.07, 6.45) is 0.783. The van der Waals surface area contributed by atoms with E-state index in [-0.39, 0.29) is 12.4 Å². The van der Waals surface area contributed by atoms with Crippen molar-refractivity contribution < 1.29 is 19.0 Å². The maximum absolute atomic E-state index is 11.9. The van der Waals surface area contributed by atoms with Gasteiger partial charge in [-0.3, -0.25) is 4.79 Å². The highest BCUT2D eigenvalue weighted by Crippen LogP contribution is 2.07. The Morgan fingerprint density at radius 1 is 1.05 bits per heavy atom. The highest BCUT2D eigenvalue weighted by molar-refractivity contribution is 5.98. The monoisotopic (exact) mass is 266 g/mol. The van der Waals surface area contributed by atoms with Gasteiger partial charge in [-0.05, 0) is 18.9 Å². The molecular weight excluding hydrogens is 244 g/mol. The van der Waals surface area contributed by atoms with Crippen LogP contribution in [0.5, 0.6) is 0 Å². The Morgan fingerprint density at radius 2 is 1.79 bits per heavy atom. The molecule has 0 amide bonds. The Hall–Kier alpha value is -1.23. The second kappa shape index (κ2) is 9.67. The first kappa shape index (κ1) is 15.8. The van der Waals surface area contributed by atoms with Crippen molar-refractivity contribution in [2.24, 2.45) is 0 Å². The fraction of sp³-hybridized carbons (Fsp3) is 0.533. The van der Waals surface area contributed by atoms with Crippen LogP contribution in [0.25, 0.3) is 0 Å². The van der Waals surface area contributed by atoms with Crippen molar-refractivity contribution in [3.63, 3.8) is 0 Å². The lowest BCUT2D eigenvalue weighted by atomic mass is 10.1. The van der Waals surface area contributed by atoms with Crippen molar-refractivity contribution in [3.8, 4) is 0 Å². The van der Waals surface area contributed by atoms with Crippen LogP contribution < -0.4 is 0 Å². The van der Waals surface area contributed by atoms with Crippen LogP contribution in [-0.4, -0.2) is 45.9 Å². The minimum atomic E-state index is 0.0263. The first-order valence-electron chi connectivity index (χ1n) is 6.49. The van der Waals surface area contributed by atoms with Crippen molar-refractivity contribution in [3.05, 3.63) is 35.4 Å². The lowest BCUT2D eigenvalue weighted by Crippen LogP contribution is -2.12. The van der Waals surface area contributed by atoms with E-state index >= 15 is 0 Å². The molecular formula is C15H22O4. The first-order valence-corrected chi connectivity index (χ1v) is 6.49. The van der Waals surface area contributed by atoms with E-state index in [9.17, 15) is 4.79 Å². The highest BCUT2D eigenvalue weighted by atomic mass is 16.5. The maximum atomic E-state index is 11.9. The van der Waals surface area contributed by atoms with Crippen molar-refractivity contribution in [1.82, 2.24) is 0 Å². The van der Waals surface area contributed by atoms with Crippen LogP contribution in [0.3, 0.4) is 0 Å². The number of ether oxygens (including phenoxy) is 3. The van der Waals surface area contributed by atoms with Gasteiger partial charge < -0.3 is 14.2 Å². The Balaban J connectivity index is 2.10. The van der Waals surface area contributed by atoms with E-state index < -0.39 is 0 Å². The zero-order valence-corrected chi connectivity index (χ0v) is 11.7. The van der Waals surface area contributed by atoms with Crippen LogP contribution in [0.4, 0.5) is 0 Å². The number of carbonyl (C=O) groups excluding carboxylic acids is 1. The normalized spacial score (nSPS) is 10.6. The number of carbonyl (C=O) groups is 1. The molecule has 4 heteroatoms. The molecule has 0 fully saturated rings. The molecule has 0 radical (unpaired) electrons. The second-order valence-corrected chi connectivity index (χ2v) is 4.25. The number of hydrogen-bond donors (Lipinski definition) is 0. The number of rotatable bonds is 10. The van der Waals surface area contributed by atoms with Gasteiger partial charge in [0.25, 0.3) is 0 Å². The molecule has 0 heterocycles. The molecule has 1 aromatic carbocycles. The Labute approximate surface area is 114 Å². The predicted octanol–water partition coefficient (Wildman–Crippen LogP) is 2.25. The van der Waals surface area contributed by atoms with Gasteiger partial charge in [-0.25, -0.2) is 0 Å². The van der Waals surface area contributed by atoms with Crippen LogP contribution in [0.2, 0.25) is 0 Å². The Kier molecular flexibility index (Phi) is 8.05. The number of hydrogen-bond acceptors (Lipinski definition) is 4. The van der Waals surface area contributed by atoms with Gasteiger partial charge in [0, 0.05) is 25.9 Å². The van der Waals surface area contributed by atoms with E-state index in [2.05, 4.69) is 0 Å². The molecule has 1 aromatic rings. The number of Topliss-reactive ketones (excluding diaryl/α,β-unsaturated/α-hetero) is 1. The van der Waals surface area contributed by atoms with E-state index in [1.54, 1.807) is 7.11 Å². The van der Waals surface area contributed by atoms with E-state index in [1.807, 2.05) is 31.2 Å². The largest absolute Gasteiger partial charge is 0.382 e. The molecule has 0 unspecified atom stereocenters. The average Bonchev–Trinajstić information content (AvgIpc) is 2.42. The van der Waals surface area contributed by atoms with Crippen LogP contribution >= 0.6 is 0 Å². The summed E-state index contributed by atoms with van der Waals surface area (Å²) in [7, 11) is 1.64. The van der Waals surface area contributed by atoms with Crippen molar-refractivity contribution >= 4 is 5.78 Å². The number of methoxy groups -OCH3 is 1. The molecule has 0 aromatic heterocycles. The molecule has 0 saturated carbocycles. The lowest BCUT2D eigenvalue weighted by Gasteiger charge is -2.06. The third kappa shape index (κ3) is 6.47. The fourth-order valence-corrected chi connectivity index (χ4v) is 1.64. The molecule has 0 spiro atoms. The van der Waals surface area contributed by atoms with E-state index in [0.29, 0.717) is 26.4 Å². The van der Waals surface area contributed by atoms with Gasteiger partial charge >= 0.3 is 0 Å². The summed E-state index contributed by atoms with van der Waals surface area (Å²) in [6.45, 7) is 4.41. The molecule has 106 valence electrons. The van der Waals surface area contributed by atoms with Crippen LogP contribution in [-0.2, 0) is 14.2 Å². The third-order valence-corrected chi connectivity index (χ3v) is 2.69. The van der Waals surface area contributed by atoms with Crippen molar-refractivity contribution in [2.75, 3.05) is 40.1 Å². The van der Waals surface area contributed by atoms with Gasteiger partial charge in [-0.1, -0.05) is 24.3 Å². The molecule has 0 aliphatic carbocycles. The summed E-state index contributed by atoms with van der Waals surface area (Å²) in [5.74, 6) is 0.0263. The first-order chi connectivity index (χ1) is 9.25. The molecule has 4 nitrogen and oxygen atoms in total. The number of benzene rings is 1. The van der Waals surface area contributed by atoms with Crippen molar-refractivity contribution in [1.29, 1.82) is 0 Å². The summed E-state index contributed by atoms with van der Waals surface area (Å²) in [5, 5.41) is 0. The second-order valence-electron chi connectivity index (χ2n) is 4.25. The van der Waals surface area contributed by atoms with Crippen LogP contribution in [0.15, 0.2) is 24.3 Å². The van der Waals surface area contributed by atoms with Gasteiger partial charge in [0.2, 0.25) is 0 Å². The average molecular weight is 266 g/mol. The van der Waals surface area contributed by atoms with E-state index in [0.717, 1.165) is 17.5 Å². The van der Waals surface area contributed by atoms with Crippen molar-refractivity contribution in [2.45, 2.75) is 13.3 Å². The quantitative estimate of drug-likeness (QED) is 0.481.